The summed E-state index contributed by atoms with van der Waals surface area (Å²) >= 11 is 0. The molecule has 6 atom stereocenters. The number of benzene rings is 1. The first-order valence-corrected chi connectivity index (χ1v) is 8.66. The Bertz CT molecular complexity index is 619. The van der Waals surface area contributed by atoms with Crippen molar-refractivity contribution in [1.29, 1.82) is 0 Å². The zero-order valence-electron chi connectivity index (χ0n) is 12.4. The van der Waals surface area contributed by atoms with Crippen molar-refractivity contribution in [2.45, 2.75) is 50.2 Å². The summed E-state index contributed by atoms with van der Waals surface area (Å²) in [6, 6.07) is 4.98. The molecule has 5 rings (SSSR count). The van der Waals surface area contributed by atoms with Crippen LogP contribution in [0.3, 0.4) is 0 Å². The van der Waals surface area contributed by atoms with E-state index in [0.717, 1.165) is 30.4 Å². The van der Waals surface area contributed by atoms with Crippen LogP contribution in [0.1, 0.15) is 37.3 Å². The van der Waals surface area contributed by atoms with Crippen LogP contribution in [0.25, 0.3) is 0 Å². The van der Waals surface area contributed by atoms with Gasteiger partial charge in [-0.25, -0.2) is 0 Å². The van der Waals surface area contributed by atoms with Gasteiger partial charge in [0.25, 0.3) is 0 Å². The van der Waals surface area contributed by atoms with Crippen LogP contribution >= 0.6 is 9.47 Å². The minimum atomic E-state index is 0.246. The van der Waals surface area contributed by atoms with Crippen LogP contribution in [0.5, 0.6) is 11.5 Å². The molecule has 1 saturated carbocycles. The molecule has 4 aliphatic rings. The minimum absolute atomic E-state index is 0.246. The van der Waals surface area contributed by atoms with E-state index in [1.807, 2.05) is 0 Å². The van der Waals surface area contributed by atoms with Gasteiger partial charge in [-0.1, -0.05) is 13.0 Å². The summed E-state index contributed by atoms with van der Waals surface area (Å²) in [4.78, 5) is 0. The fourth-order valence-electron chi connectivity index (χ4n) is 5.81. The van der Waals surface area contributed by atoms with Gasteiger partial charge >= 0.3 is 0 Å². The van der Waals surface area contributed by atoms with E-state index in [4.69, 9.17) is 9.26 Å². The molecule has 4 heteroatoms. The second-order valence-electron chi connectivity index (χ2n) is 7.30. The molecular formula is C17H22NO2P. The van der Waals surface area contributed by atoms with Crippen LogP contribution in [0.4, 0.5) is 0 Å². The number of piperidine rings is 1. The quantitative estimate of drug-likeness (QED) is 0.809. The van der Waals surface area contributed by atoms with E-state index in [2.05, 4.69) is 33.8 Å². The first-order valence-electron chi connectivity index (χ1n) is 8.19. The van der Waals surface area contributed by atoms with E-state index >= 15 is 0 Å². The summed E-state index contributed by atoms with van der Waals surface area (Å²) in [5.41, 5.74) is 3.23. The van der Waals surface area contributed by atoms with Gasteiger partial charge in [0, 0.05) is 17.0 Å². The number of hydrogen-bond donors (Lipinski definition) is 1. The van der Waals surface area contributed by atoms with Crippen molar-refractivity contribution in [1.82, 2.24) is 5.32 Å². The molecule has 0 radical (unpaired) electrons. The van der Waals surface area contributed by atoms with Crippen molar-refractivity contribution in [2.24, 2.45) is 11.8 Å². The monoisotopic (exact) mass is 303 g/mol. The van der Waals surface area contributed by atoms with Gasteiger partial charge in [-0.15, -0.1) is 0 Å². The fraction of sp³-hybridized carbons (Fsp3) is 0.647. The maximum absolute atomic E-state index is 6.55. The smallest absolute Gasteiger partial charge is 0.166 e. The molecule has 21 heavy (non-hydrogen) atoms. The standard InChI is InChI=1S/C17H22NO2P/c1-9-2-4-11-12-8-10-3-5-13(20-21)15-14(10)17(11,6-7-18-12)16(9)19-15/h3,5,9,11-12,16,18H,2,4,6-8,21H2,1H3/t9?,11?,12-,16+,17+/m1/s1. The maximum atomic E-state index is 6.55. The molecule has 0 aromatic heterocycles. The van der Waals surface area contributed by atoms with Gasteiger partial charge < -0.3 is 14.6 Å². The number of ether oxygens (including phenoxy) is 1. The van der Waals surface area contributed by atoms with Crippen molar-refractivity contribution in [2.75, 3.05) is 6.54 Å². The maximum Gasteiger partial charge on any atom is 0.166 e. The highest BCUT2D eigenvalue weighted by atomic mass is 31.0. The van der Waals surface area contributed by atoms with Gasteiger partial charge in [0.05, 0.1) is 9.47 Å². The zero-order valence-corrected chi connectivity index (χ0v) is 13.5. The van der Waals surface area contributed by atoms with Crippen molar-refractivity contribution in [3.63, 3.8) is 0 Å². The molecule has 0 amide bonds. The Kier molecular flexibility index (Phi) is 2.51. The van der Waals surface area contributed by atoms with Crippen molar-refractivity contribution >= 4 is 9.47 Å². The lowest BCUT2D eigenvalue weighted by molar-refractivity contribution is -0.0282. The highest BCUT2D eigenvalue weighted by molar-refractivity contribution is 7.10. The lowest BCUT2D eigenvalue weighted by Gasteiger charge is -2.56. The molecule has 2 bridgehead atoms. The van der Waals surface area contributed by atoms with E-state index in [1.54, 1.807) is 0 Å². The fourth-order valence-corrected chi connectivity index (χ4v) is 6.00. The molecule has 2 heterocycles. The van der Waals surface area contributed by atoms with Crippen LogP contribution < -0.4 is 14.6 Å². The third kappa shape index (κ3) is 1.38. The van der Waals surface area contributed by atoms with E-state index in [9.17, 15) is 0 Å². The first-order chi connectivity index (χ1) is 10.3. The predicted molar refractivity (Wildman–Crippen MR) is 84.9 cm³/mol. The van der Waals surface area contributed by atoms with Crippen LogP contribution in [0.15, 0.2) is 12.1 Å². The van der Waals surface area contributed by atoms with E-state index in [-0.39, 0.29) is 5.41 Å². The Morgan fingerprint density at radius 3 is 3.14 bits per heavy atom. The minimum Gasteiger partial charge on any atom is -0.485 e. The van der Waals surface area contributed by atoms with Gasteiger partial charge in [0.1, 0.15) is 6.10 Å². The van der Waals surface area contributed by atoms with Crippen molar-refractivity contribution in [3.8, 4) is 11.5 Å². The Hall–Kier alpha value is -0.790. The predicted octanol–water partition coefficient (Wildman–Crippen LogP) is 2.82. The Labute approximate surface area is 128 Å². The molecule has 1 N–H and O–H groups in total. The van der Waals surface area contributed by atoms with E-state index in [0.29, 0.717) is 18.1 Å². The number of nitrogens with one attached hydrogen (secondary N) is 1. The summed E-state index contributed by atoms with van der Waals surface area (Å²) in [5.74, 6) is 3.31. The van der Waals surface area contributed by atoms with Crippen molar-refractivity contribution < 1.29 is 9.26 Å². The summed E-state index contributed by atoms with van der Waals surface area (Å²) in [6.45, 7) is 3.49. The molecule has 1 spiro atoms. The number of rotatable bonds is 1. The molecule has 1 saturated heterocycles. The summed E-state index contributed by atoms with van der Waals surface area (Å²) in [7, 11) is 2.38. The van der Waals surface area contributed by atoms with Gasteiger partial charge in [-0.2, -0.15) is 0 Å². The lowest BCUT2D eigenvalue weighted by Crippen LogP contribution is -2.64. The molecule has 2 aliphatic heterocycles. The van der Waals surface area contributed by atoms with Gasteiger partial charge in [0.15, 0.2) is 11.5 Å². The van der Waals surface area contributed by atoms with Gasteiger partial charge in [-0.3, -0.25) is 0 Å². The average molecular weight is 303 g/mol. The third-order valence-electron chi connectivity index (χ3n) is 6.54. The second-order valence-corrected chi connectivity index (χ2v) is 7.54. The van der Waals surface area contributed by atoms with E-state index in [1.165, 1.54) is 30.4 Å². The second kappa shape index (κ2) is 4.14. The SMILES string of the molecule is CC1CCC2[C@H]3Cc4ccc(OP)c5c4[C@@]2(CCN3)[C@H]1O5. The molecule has 3 nitrogen and oxygen atoms in total. The van der Waals surface area contributed by atoms with Crippen molar-refractivity contribution in [3.05, 3.63) is 23.3 Å². The van der Waals surface area contributed by atoms with Gasteiger partial charge in [0.2, 0.25) is 0 Å². The average Bonchev–Trinajstić information content (AvgIpc) is 2.83. The summed E-state index contributed by atoms with van der Waals surface area (Å²) < 4.78 is 12.1. The van der Waals surface area contributed by atoms with Crippen LogP contribution in [0, 0.1) is 11.8 Å². The Morgan fingerprint density at radius 2 is 2.29 bits per heavy atom. The Morgan fingerprint density at radius 1 is 1.38 bits per heavy atom. The topological polar surface area (TPSA) is 30.5 Å². The van der Waals surface area contributed by atoms with E-state index < -0.39 is 0 Å². The highest BCUT2D eigenvalue weighted by Crippen LogP contribution is 2.63. The summed E-state index contributed by atoms with van der Waals surface area (Å²) in [5, 5.41) is 3.78. The molecule has 1 aromatic rings. The third-order valence-corrected chi connectivity index (χ3v) is 6.79. The molecule has 3 unspecified atom stereocenters. The van der Waals surface area contributed by atoms with Gasteiger partial charge in [-0.05, 0) is 55.7 Å². The van der Waals surface area contributed by atoms with Crippen LogP contribution in [-0.4, -0.2) is 18.7 Å². The zero-order chi connectivity index (χ0) is 14.2. The van der Waals surface area contributed by atoms with Crippen LogP contribution in [0.2, 0.25) is 0 Å². The highest BCUT2D eigenvalue weighted by Gasteiger charge is 2.63. The Balaban J connectivity index is 1.81. The molecule has 112 valence electrons. The van der Waals surface area contributed by atoms with Crippen LogP contribution in [-0.2, 0) is 11.8 Å². The summed E-state index contributed by atoms with van der Waals surface area (Å²) in [6.07, 6.45) is 5.33. The first kappa shape index (κ1) is 12.7. The lowest BCUT2D eigenvalue weighted by atomic mass is 9.50. The molecule has 2 fully saturated rings. The number of hydrogen-bond acceptors (Lipinski definition) is 3. The largest absolute Gasteiger partial charge is 0.485 e. The molecule has 2 aliphatic carbocycles. The molecular weight excluding hydrogens is 281 g/mol. The normalized spacial score (nSPS) is 42.2. The molecule has 1 aromatic carbocycles.